The fourth-order valence-electron chi connectivity index (χ4n) is 2.78. The number of benzene rings is 3. The predicted molar refractivity (Wildman–Crippen MR) is 95.7 cm³/mol. The van der Waals surface area contributed by atoms with Gasteiger partial charge in [-0.05, 0) is 51.6 Å². The van der Waals surface area contributed by atoms with Gasteiger partial charge < -0.3 is 10.5 Å². The van der Waals surface area contributed by atoms with Crippen molar-refractivity contribution in [2.24, 2.45) is 0 Å². The number of nitrogens with one attached hydrogen (secondary N) is 2. The van der Waals surface area contributed by atoms with Crippen molar-refractivity contribution in [2.75, 3.05) is 10.5 Å². The third-order valence-corrected chi connectivity index (χ3v) is 4.36. The summed E-state index contributed by atoms with van der Waals surface area (Å²) in [5, 5.41) is 9.72. The molecule has 2 N–H and O–H groups in total. The summed E-state index contributed by atoms with van der Waals surface area (Å²) in [4.78, 5) is 0. The van der Waals surface area contributed by atoms with Crippen LogP contribution in [0.1, 0.15) is 0 Å². The molecule has 3 aromatic rings. The molecule has 0 fully saturated rings. The number of rotatable bonds is 1. The van der Waals surface area contributed by atoms with Crippen LogP contribution in [-0.2, 0) is 0 Å². The summed E-state index contributed by atoms with van der Waals surface area (Å²) >= 11 is 2.35. The Bertz CT molecular complexity index is 763. The lowest BCUT2D eigenvalue weighted by molar-refractivity contribution is 1.59. The molecule has 96 valence electrons. The lowest BCUT2D eigenvalue weighted by Crippen LogP contribution is -2.47. The van der Waals surface area contributed by atoms with Crippen LogP contribution in [0.15, 0.2) is 60.7 Å². The van der Waals surface area contributed by atoms with E-state index in [1.165, 1.54) is 31.2 Å². The van der Waals surface area contributed by atoms with Gasteiger partial charge in [0.15, 0.2) is 0 Å². The molecule has 3 aromatic carbocycles. The van der Waals surface area contributed by atoms with Gasteiger partial charge in [0.05, 0.1) is 0 Å². The van der Waals surface area contributed by atoms with Gasteiger partial charge in [-0.2, -0.15) is 0 Å². The summed E-state index contributed by atoms with van der Waals surface area (Å²) in [5.41, 5.74) is 3.64. The first-order valence-electron chi connectivity index (χ1n) is 6.61. The highest BCUT2D eigenvalue weighted by molar-refractivity contribution is 14.1. The molecule has 20 heavy (non-hydrogen) atoms. The molecule has 0 saturated heterocycles. The molecule has 0 unspecified atom stereocenters. The summed E-state index contributed by atoms with van der Waals surface area (Å²) in [6, 6.07) is 21.4. The first kappa shape index (κ1) is 12.1. The summed E-state index contributed by atoms with van der Waals surface area (Å²) in [5.74, 6) is 0. The molecule has 0 spiro atoms. The monoisotopic (exact) mass is 370 g/mol. The average Bonchev–Trinajstić information content (AvgIpc) is 2.48. The number of halogens is 1. The molecule has 0 bridgehead atoms. The summed E-state index contributed by atoms with van der Waals surface area (Å²) in [7, 11) is 0. The van der Waals surface area contributed by atoms with Crippen molar-refractivity contribution in [3.8, 4) is 0 Å². The fourth-order valence-corrected chi connectivity index (χ4v) is 3.35. The molecule has 1 aliphatic rings. The Morgan fingerprint density at radius 3 is 2.10 bits per heavy atom. The van der Waals surface area contributed by atoms with Crippen LogP contribution in [0.2, 0.25) is 0 Å². The molecule has 0 amide bonds. The van der Waals surface area contributed by atoms with Crippen LogP contribution < -0.4 is 15.9 Å². The van der Waals surface area contributed by atoms with E-state index in [1.54, 1.807) is 0 Å². The van der Waals surface area contributed by atoms with Crippen molar-refractivity contribution in [1.82, 2.24) is 0 Å². The van der Waals surface area contributed by atoms with Crippen LogP contribution in [0, 0.1) is 3.57 Å². The maximum absolute atomic E-state index is 3.59. The largest absolute Gasteiger partial charge is 0.406 e. The Kier molecular flexibility index (Phi) is 2.84. The molecule has 4 heteroatoms. The molecule has 0 aliphatic carbocycles. The highest BCUT2D eigenvalue weighted by atomic mass is 127. The van der Waals surface area contributed by atoms with Crippen molar-refractivity contribution in [3.05, 3.63) is 64.2 Å². The Labute approximate surface area is 131 Å². The zero-order valence-electron chi connectivity index (χ0n) is 10.7. The van der Waals surface area contributed by atoms with Gasteiger partial charge in [-0.3, -0.25) is 0 Å². The summed E-state index contributed by atoms with van der Waals surface area (Å²) in [6.07, 6.45) is 0. The minimum absolute atomic E-state index is 0.116. The van der Waals surface area contributed by atoms with E-state index in [1.807, 2.05) is 0 Å². The van der Waals surface area contributed by atoms with Gasteiger partial charge >= 0.3 is 6.98 Å². The van der Waals surface area contributed by atoms with E-state index >= 15 is 0 Å². The van der Waals surface area contributed by atoms with Crippen molar-refractivity contribution >= 4 is 57.2 Å². The second kappa shape index (κ2) is 4.70. The molecule has 0 radical (unpaired) electrons. The molecule has 2 nitrogen and oxygen atoms in total. The second-order valence-corrected chi connectivity index (χ2v) is 6.23. The van der Waals surface area contributed by atoms with Gasteiger partial charge in [0.25, 0.3) is 0 Å². The summed E-state index contributed by atoms with van der Waals surface area (Å²) in [6.45, 7) is 0.116. The van der Waals surface area contributed by atoms with Gasteiger partial charge in [0.1, 0.15) is 0 Å². The highest BCUT2D eigenvalue weighted by Gasteiger charge is 2.25. The third kappa shape index (κ3) is 1.95. The van der Waals surface area contributed by atoms with Gasteiger partial charge in [0, 0.05) is 20.3 Å². The van der Waals surface area contributed by atoms with Crippen LogP contribution in [-0.4, -0.2) is 6.98 Å². The van der Waals surface area contributed by atoms with E-state index in [4.69, 9.17) is 0 Å². The van der Waals surface area contributed by atoms with Crippen molar-refractivity contribution in [3.63, 3.8) is 0 Å². The average molecular weight is 370 g/mol. The van der Waals surface area contributed by atoms with E-state index in [9.17, 15) is 0 Å². The Morgan fingerprint density at radius 2 is 1.45 bits per heavy atom. The minimum Gasteiger partial charge on any atom is -0.405 e. The second-order valence-electron chi connectivity index (χ2n) is 4.99. The first-order valence-corrected chi connectivity index (χ1v) is 7.69. The molecule has 0 aromatic heterocycles. The zero-order valence-corrected chi connectivity index (χ0v) is 12.9. The predicted octanol–water partition coefficient (Wildman–Crippen LogP) is 3.68. The lowest BCUT2D eigenvalue weighted by atomic mass is 9.66. The molecule has 1 aliphatic heterocycles. The van der Waals surface area contributed by atoms with Crippen molar-refractivity contribution < 1.29 is 0 Å². The maximum atomic E-state index is 3.59. The standard InChI is InChI=1S/C16H12BIN2/c18-13-7-3-6-12(10-13)17-19-14-8-1-4-11-5-2-9-15(20-17)16(11)14/h1-10,19-20H. The van der Waals surface area contributed by atoms with Crippen LogP contribution in [0.3, 0.4) is 0 Å². The van der Waals surface area contributed by atoms with Crippen molar-refractivity contribution in [2.45, 2.75) is 0 Å². The van der Waals surface area contributed by atoms with Crippen LogP contribution in [0.25, 0.3) is 10.8 Å². The van der Waals surface area contributed by atoms with E-state index in [0.717, 1.165) is 0 Å². The van der Waals surface area contributed by atoms with Crippen LogP contribution in [0.4, 0.5) is 11.4 Å². The first-order chi connectivity index (χ1) is 9.81. The molecule has 0 saturated carbocycles. The normalized spacial score (nSPS) is 12.9. The molecule has 4 rings (SSSR count). The Balaban J connectivity index is 1.83. The summed E-state index contributed by atoms with van der Waals surface area (Å²) < 4.78 is 1.25. The highest BCUT2D eigenvalue weighted by Crippen LogP contribution is 2.33. The number of anilines is 2. The van der Waals surface area contributed by atoms with Crippen molar-refractivity contribution in [1.29, 1.82) is 0 Å². The molecule has 0 atom stereocenters. The van der Waals surface area contributed by atoms with E-state index in [0.29, 0.717) is 0 Å². The van der Waals surface area contributed by atoms with E-state index in [-0.39, 0.29) is 6.98 Å². The molecule has 1 heterocycles. The third-order valence-electron chi connectivity index (χ3n) is 3.69. The van der Waals surface area contributed by atoms with E-state index in [2.05, 4.69) is 93.7 Å². The lowest BCUT2D eigenvalue weighted by Gasteiger charge is -2.26. The zero-order chi connectivity index (χ0) is 13.5. The molecular formula is C16H12BIN2. The van der Waals surface area contributed by atoms with Gasteiger partial charge in [0.2, 0.25) is 0 Å². The SMILES string of the molecule is Ic1cccc(B2Nc3cccc4cccc(c34)N2)c1. The Morgan fingerprint density at radius 1 is 0.800 bits per heavy atom. The molecular weight excluding hydrogens is 358 g/mol. The fraction of sp³-hybridized carbons (Fsp3) is 0. The van der Waals surface area contributed by atoms with Crippen LogP contribution in [0.5, 0.6) is 0 Å². The Hall–Kier alpha value is -1.69. The topological polar surface area (TPSA) is 24.1 Å². The van der Waals surface area contributed by atoms with Gasteiger partial charge in [-0.1, -0.05) is 42.5 Å². The van der Waals surface area contributed by atoms with Gasteiger partial charge in [-0.15, -0.1) is 0 Å². The van der Waals surface area contributed by atoms with Gasteiger partial charge in [-0.25, -0.2) is 0 Å². The number of hydrogen-bond donors (Lipinski definition) is 2. The minimum atomic E-state index is 0.116. The van der Waals surface area contributed by atoms with Crippen LogP contribution >= 0.6 is 22.6 Å². The smallest absolute Gasteiger partial charge is 0.405 e. The quantitative estimate of drug-likeness (QED) is 0.505. The van der Waals surface area contributed by atoms with E-state index < -0.39 is 0 Å². The number of hydrogen-bond acceptors (Lipinski definition) is 2. The maximum Gasteiger partial charge on any atom is 0.406 e.